The van der Waals surface area contributed by atoms with E-state index in [2.05, 4.69) is 27.6 Å². The van der Waals surface area contributed by atoms with Crippen molar-refractivity contribution in [2.24, 2.45) is 0 Å². The van der Waals surface area contributed by atoms with Crippen molar-refractivity contribution in [3.05, 3.63) is 33.0 Å². The van der Waals surface area contributed by atoms with Gasteiger partial charge in [-0.25, -0.2) is 0 Å². The number of methoxy groups -OCH3 is 1. The molecule has 2 rings (SSSR count). The zero-order chi connectivity index (χ0) is 10.1. The summed E-state index contributed by atoms with van der Waals surface area (Å²) >= 11 is 8.27. The first-order valence-corrected chi connectivity index (χ1v) is 5.46. The molecule has 2 aromatic rings. The monoisotopic (exact) mass is 319 g/mol. The third kappa shape index (κ3) is 1.66. The number of halogens is 2. The van der Waals surface area contributed by atoms with E-state index in [1.165, 1.54) is 0 Å². The standard InChI is InChI=1S/C10H7ClINO/c1-14-9-3-2-8(11)7-4-6(12)5-13-10(7)9/h2-5H,1H3. The predicted molar refractivity (Wildman–Crippen MR) is 66.0 cm³/mol. The van der Waals surface area contributed by atoms with Gasteiger partial charge in [0.15, 0.2) is 0 Å². The van der Waals surface area contributed by atoms with Gasteiger partial charge in [-0.1, -0.05) is 11.6 Å². The number of nitrogens with zero attached hydrogens (tertiary/aromatic N) is 1. The summed E-state index contributed by atoms with van der Waals surface area (Å²) in [6, 6.07) is 5.64. The van der Waals surface area contributed by atoms with Crippen LogP contribution in [0.3, 0.4) is 0 Å². The lowest BCUT2D eigenvalue weighted by Gasteiger charge is -2.05. The molecule has 0 atom stereocenters. The predicted octanol–water partition coefficient (Wildman–Crippen LogP) is 3.50. The minimum Gasteiger partial charge on any atom is -0.494 e. The van der Waals surface area contributed by atoms with Crippen LogP contribution in [-0.4, -0.2) is 12.1 Å². The Bertz CT molecular complexity index is 487. The van der Waals surface area contributed by atoms with Crippen LogP contribution in [0.5, 0.6) is 5.75 Å². The third-order valence-electron chi connectivity index (χ3n) is 1.95. The Morgan fingerprint density at radius 1 is 1.43 bits per heavy atom. The van der Waals surface area contributed by atoms with Gasteiger partial charge in [0.1, 0.15) is 11.3 Å². The lowest BCUT2D eigenvalue weighted by molar-refractivity contribution is 0.419. The highest BCUT2D eigenvalue weighted by Gasteiger charge is 2.06. The number of fused-ring (bicyclic) bond motifs is 1. The second-order valence-corrected chi connectivity index (χ2v) is 4.45. The van der Waals surface area contributed by atoms with Gasteiger partial charge in [0.25, 0.3) is 0 Å². The van der Waals surface area contributed by atoms with Crippen LogP contribution in [-0.2, 0) is 0 Å². The summed E-state index contributed by atoms with van der Waals surface area (Å²) in [5, 5.41) is 1.63. The molecular weight excluding hydrogens is 312 g/mol. The number of rotatable bonds is 1. The van der Waals surface area contributed by atoms with E-state index >= 15 is 0 Å². The summed E-state index contributed by atoms with van der Waals surface area (Å²) in [5.41, 5.74) is 0.806. The molecule has 0 saturated carbocycles. The molecule has 1 aromatic carbocycles. The first-order chi connectivity index (χ1) is 6.72. The molecule has 0 aliphatic rings. The molecule has 0 amide bonds. The Morgan fingerprint density at radius 2 is 2.21 bits per heavy atom. The van der Waals surface area contributed by atoms with Crippen LogP contribution in [0.1, 0.15) is 0 Å². The Morgan fingerprint density at radius 3 is 2.93 bits per heavy atom. The summed E-state index contributed by atoms with van der Waals surface area (Å²) in [6.45, 7) is 0. The summed E-state index contributed by atoms with van der Waals surface area (Å²) < 4.78 is 6.26. The van der Waals surface area contributed by atoms with Gasteiger partial charge in [0.05, 0.1) is 12.1 Å². The average Bonchev–Trinajstić information content (AvgIpc) is 2.19. The molecular formula is C10H7ClINO. The van der Waals surface area contributed by atoms with Crippen molar-refractivity contribution in [1.82, 2.24) is 4.98 Å². The minimum absolute atomic E-state index is 0.701. The van der Waals surface area contributed by atoms with Crippen molar-refractivity contribution in [1.29, 1.82) is 0 Å². The van der Waals surface area contributed by atoms with Crippen molar-refractivity contribution < 1.29 is 4.74 Å². The Balaban J connectivity index is 2.84. The first-order valence-electron chi connectivity index (χ1n) is 4.00. The van der Waals surface area contributed by atoms with Gasteiger partial charge in [-0.2, -0.15) is 0 Å². The van der Waals surface area contributed by atoms with E-state index in [-0.39, 0.29) is 0 Å². The molecule has 0 unspecified atom stereocenters. The molecule has 0 aliphatic carbocycles. The summed E-state index contributed by atoms with van der Waals surface area (Å²) in [4.78, 5) is 4.30. The highest BCUT2D eigenvalue weighted by atomic mass is 127. The van der Waals surface area contributed by atoms with Gasteiger partial charge in [-0.05, 0) is 40.8 Å². The van der Waals surface area contributed by atoms with Gasteiger partial charge in [-0.15, -0.1) is 0 Å². The lowest BCUT2D eigenvalue weighted by atomic mass is 10.2. The van der Waals surface area contributed by atoms with Crippen LogP contribution in [0.2, 0.25) is 5.02 Å². The topological polar surface area (TPSA) is 22.1 Å². The van der Waals surface area contributed by atoms with Crippen LogP contribution in [0.25, 0.3) is 10.9 Å². The molecule has 0 spiro atoms. The zero-order valence-corrected chi connectivity index (χ0v) is 10.3. The van der Waals surface area contributed by atoms with E-state index in [0.717, 1.165) is 20.2 Å². The fourth-order valence-corrected chi connectivity index (χ4v) is 1.96. The van der Waals surface area contributed by atoms with E-state index < -0.39 is 0 Å². The van der Waals surface area contributed by atoms with Crippen LogP contribution < -0.4 is 4.74 Å². The molecule has 0 N–H and O–H groups in total. The van der Waals surface area contributed by atoms with Crippen molar-refractivity contribution in [3.8, 4) is 5.75 Å². The van der Waals surface area contributed by atoms with Gasteiger partial charge < -0.3 is 4.74 Å². The van der Waals surface area contributed by atoms with Crippen molar-refractivity contribution >= 4 is 45.1 Å². The van der Waals surface area contributed by atoms with Crippen LogP contribution >= 0.6 is 34.2 Å². The molecule has 0 radical (unpaired) electrons. The summed E-state index contributed by atoms with van der Waals surface area (Å²) in [5.74, 6) is 0.751. The Hall–Kier alpha value is -0.550. The Kier molecular flexibility index (Phi) is 2.78. The van der Waals surface area contributed by atoms with E-state index in [4.69, 9.17) is 16.3 Å². The second-order valence-electron chi connectivity index (χ2n) is 2.80. The number of hydrogen-bond acceptors (Lipinski definition) is 2. The molecule has 2 nitrogen and oxygen atoms in total. The summed E-state index contributed by atoms with van der Waals surface area (Å²) in [7, 11) is 1.63. The molecule has 1 heterocycles. The van der Waals surface area contributed by atoms with Crippen LogP contribution in [0.15, 0.2) is 24.4 Å². The molecule has 0 bridgehead atoms. The maximum Gasteiger partial charge on any atom is 0.145 e. The molecule has 72 valence electrons. The number of hydrogen-bond donors (Lipinski definition) is 0. The van der Waals surface area contributed by atoms with Crippen molar-refractivity contribution in [3.63, 3.8) is 0 Å². The summed E-state index contributed by atoms with van der Waals surface area (Å²) in [6.07, 6.45) is 1.79. The number of aromatic nitrogens is 1. The van der Waals surface area contributed by atoms with Crippen LogP contribution in [0.4, 0.5) is 0 Å². The maximum absolute atomic E-state index is 6.06. The normalized spacial score (nSPS) is 10.5. The largest absolute Gasteiger partial charge is 0.494 e. The third-order valence-corrected chi connectivity index (χ3v) is 2.87. The van der Waals surface area contributed by atoms with E-state index in [1.807, 2.05) is 18.2 Å². The maximum atomic E-state index is 6.06. The van der Waals surface area contributed by atoms with Gasteiger partial charge >= 0.3 is 0 Å². The first kappa shape index (κ1) is 9.98. The molecule has 0 aliphatic heterocycles. The van der Waals surface area contributed by atoms with Gasteiger partial charge in [-0.3, -0.25) is 4.98 Å². The van der Waals surface area contributed by atoms with Crippen LogP contribution in [0, 0.1) is 3.57 Å². The zero-order valence-electron chi connectivity index (χ0n) is 7.42. The highest BCUT2D eigenvalue weighted by molar-refractivity contribution is 14.1. The van der Waals surface area contributed by atoms with E-state index in [1.54, 1.807) is 13.3 Å². The van der Waals surface area contributed by atoms with E-state index in [9.17, 15) is 0 Å². The number of pyridine rings is 1. The average molecular weight is 320 g/mol. The molecule has 0 saturated heterocycles. The SMILES string of the molecule is COc1ccc(Cl)c2cc(I)cnc12. The number of ether oxygens (including phenoxy) is 1. The van der Waals surface area contributed by atoms with Crippen molar-refractivity contribution in [2.45, 2.75) is 0 Å². The molecule has 1 aromatic heterocycles. The minimum atomic E-state index is 0.701. The Labute approximate surface area is 100 Å². The van der Waals surface area contributed by atoms with Crippen molar-refractivity contribution in [2.75, 3.05) is 7.11 Å². The fraction of sp³-hybridized carbons (Fsp3) is 0.100. The molecule has 0 fully saturated rings. The fourth-order valence-electron chi connectivity index (χ4n) is 1.30. The van der Waals surface area contributed by atoms with Gasteiger partial charge in [0, 0.05) is 15.2 Å². The van der Waals surface area contributed by atoms with E-state index in [0.29, 0.717) is 5.02 Å². The van der Waals surface area contributed by atoms with Gasteiger partial charge in [0.2, 0.25) is 0 Å². The molecule has 14 heavy (non-hydrogen) atoms. The highest BCUT2D eigenvalue weighted by Crippen LogP contribution is 2.30. The smallest absolute Gasteiger partial charge is 0.145 e. The second kappa shape index (κ2) is 3.90. The number of benzene rings is 1. The lowest BCUT2D eigenvalue weighted by Crippen LogP contribution is -1.88. The quantitative estimate of drug-likeness (QED) is 0.751. The molecule has 4 heteroatoms.